The molecule has 1 unspecified atom stereocenters. The number of aliphatic carboxylic acids is 1. The van der Waals surface area contributed by atoms with Gasteiger partial charge in [0.05, 0.1) is 6.61 Å². The number of carboxylic acids is 1. The minimum absolute atomic E-state index is 0.105. The lowest BCUT2D eigenvalue weighted by molar-refractivity contribution is -0.142. The Morgan fingerprint density at radius 2 is 1.90 bits per heavy atom. The van der Waals surface area contributed by atoms with Crippen LogP contribution in [0.3, 0.4) is 0 Å². The van der Waals surface area contributed by atoms with Gasteiger partial charge in [0, 0.05) is 16.6 Å². The lowest BCUT2D eigenvalue weighted by Gasteiger charge is -2.15. The zero-order valence-electron chi connectivity index (χ0n) is 11.3. The van der Waals surface area contributed by atoms with Crippen LogP contribution in [0.25, 0.3) is 0 Å². The third-order valence-electron chi connectivity index (χ3n) is 2.29. The van der Waals surface area contributed by atoms with Crippen molar-refractivity contribution in [3.8, 4) is 5.75 Å². The number of hydrogen-bond acceptors (Lipinski definition) is 4. The fourth-order valence-corrected chi connectivity index (χ4v) is 1.91. The summed E-state index contributed by atoms with van der Waals surface area (Å²) in [6, 6.07) is 4.65. The summed E-state index contributed by atoms with van der Waals surface area (Å²) in [5, 5.41) is 11.7. The summed E-state index contributed by atoms with van der Waals surface area (Å²) in [5.41, 5.74) is 0. The highest BCUT2D eigenvalue weighted by Crippen LogP contribution is 2.24. The second-order valence-corrected chi connectivity index (χ2v) is 4.98. The molecule has 1 atom stereocenters. The molecule has 21 heavy (non-hydrogen) atoms. The molecule has 0 aliphatic rings. The number of amides is 1. The van der Waals surface area contributed by atoms with Crippen molar-refractivity contribution in [3.05, 3.63) is 28.2 Å². The molecule has 1 aromatic carbocycles. The molecule has 0 aromatic heterocycles. The van der Waals surface area contributed by atoms with E-state index in [1.165, 1.54) is 0 Å². The van der Waals surface area contributed by atoms with Crippen LogP contribution in [0.2, 0.25) is 10.0 Å². The van der Waals surface area contributed by atoms with Gasteiger partial charge in [-0.2, -0.15) is 0 Å². The van der Waals surface area contributed by atoms with Crippen molar-refractivity contribution >= 4 is 35.1 Å². The van der Waals surface area contributed by atoms with E-state index in [0.717, 1.165) is 0 Å². The Bertz CT molecular complexity index is 489. The summed E-state index contributed by atoms with van der Waals surface area (Å²) >= 11 is 11.7. The van der Waals surface area contributed by atoms with Gasteiger partial charge in [-0.15, -0.1) is 0 Å². The van der Waals surface area contributed by atoms with E-state index >= 15 is 0 Å². The summed E-state index contributed by atoms with van der Waals surface area (Å²) in [6.45, 7) is 1.47. The molecule has 1 amide bonds. The first-order chi connectivity index (χ1) is 9.88. The van der Waals surface area contributed by atoms with Gasteiger partial charge in [0.2, 0.25) is 0 Å². The maximum atomic E-state index is 11.7. The van der Waals surface area contributed by atoms with Crippen molar-refractivity contribution in [1.29, 1.82) is 0 Å². The second kappa shape index (κ2) is 8.71. The molecule has 8 heteroatoms. The first-order valence-corrected chi connectivity index (χ1v) is 6.84. The van der Waals surface area contributed by atoms with Gasteiger partial charge in [0.1, 0.15) is 12.4 Å². The normalized spacial score (nSPS) is 11.8. The first-order valence-electron chi connectivity index (χ1n) is 6.08. The number of nitrogens with one attached hydrogen (secondary N) is 1. The van der Waals surface area contributed by atoms with E-state index in [2.05, 4.69) is 5.32 Å². The summed E-state index contributed by atoms with van der Waals surface area (Å²) in [4.78, 5) is 21.9. The number of halogens is 2. The number of hydrogen-bond donors (Lipinski definition) is 2. The summed E-state index contributed by atoms with van der Waals surface area (Å²) in [7, 11) is 0. The van der Waals surface area contributed by atoms with Crippen molar-refractivity contribution in [1.82, 2.24) is 5.32 Å². The van der Waals surface area contributed by atoms with Gasteiger partial charge in [-0.1, -0.05) is 23.2 Å². The zero-order chi connectivity index (χ0) is 15.8. The molecular weight excluding hydrogens is 321 g/mol. The van der Waals surface area contributed by atoms with Gasteiger partial charge in [0.15, 0.2) is 6.10 Å². The number of rotatable bonds is 8. The van der Waals surface area contributed by atoms with Gasteiger partial charge >= 0.3 is 5.97 Å². The lowest BCUT2D eigenvalue weighted by atomic mass is 10.3. The molecule has 6 nitrogen and oxygen atoms in total. The van der Waals surface area contributed by atoms with Crippen LogP contribution in [0.15, 0.2) is 18.2 Å². The van der Waals surface area contributed by atoms with Crippen LogP contribution < -0.4 is 10.1 Å². The molecule has 2 N–H and O–H groups in total. The van der Waals surface area contributed by atoms with E-state index in [-0.39, 0.29) is 19.1 Å². The molecule has 0 aliphatic heterocycles. The fraction of sp³-hybridized carbons (Fsp3) is 0.385. The minimum atomic E-state index is -1.06. The average molecular weight is 336 g/mol. The van der Waals surface area contributed by atoms with E-state index in [4.69, 9.17) is 37.8 Å². The third-order valence-corrected chi connectivity index (χ3v) is 2.73. The third kappa shape index (κ3) is 7.17. The number of ether oxygens (including phenoxy) is 2. The summed E-state index contributed by atoms with van der Waals surface area (Å²) < 4.78 is 10.2. The van der Waals surface area contributed by atoms with Crippen molar-refractivity contribution in [2.45, 2.75) is 13.0 Å². The van der Waals surface area contributed by atoms with Gasteiger partial charge in [-0.3, -0.25) is 4.79 Å². The molecule has 0 saturated carbocycles. The maximum absolute atomic E-state index is 11.7. The highest BCUT2D eigenvalue weighted by molar-refractivity contribution is 6.34. The molecule has 0 fully saturated rings. The Morgan fingerprint density at radius 3 is 2.48 bits per heavy atom. The van der Waals surface area contributed by atoms with Crippen molar-refractivity contribution in [2.24, 2.45) is 0 Å². The van der Waals surface area contributed by atoms with Gasteiger partial charge in [-0.25, -0.2) is 4.79 Å². The van der Waals surface area contributed by atoms with Crippen LogP contribution in [0.4, 0.5) is 0 Å². The van der Waals surface area contributed by atoms with Crippen molar-refractivity contribution < 1.29 is 24.2 Å². The number of benzene rings is 1. The van der Waals surface area contributed by atoms with Crippen LogP contribution >= 0.6 is 23.2 Å². The molecule has 1 rings (SSSR count). The molecule has 0 radical (unpaired) electrons. The molecule has 0 spiro atoms. The molecule has 0 heterocycles. The smallest absolute Gasteiger partial charge is 0.329 e. The molecule has 1 aromatic rings. The summed E-state index contributed by atoms with van der Waals surface area (Å²) in [5.74, 6) is -1.03. The highest BCUT2D eigenvalue weighted by atomic mass is 35.5. The molecule has 116 valence electrons. The van der Waals surface area contributed by atoms with Gasteiger partial charge < -0.3 is 19.9 Å². The first kappa shape index (κ1) is 17.6. The Kier molecular flexibility index (Phi) is 7.28. The summed E-state index contributed by atoms with van der Waals surface area (Å²) in [6.07, 6.45) is -0.751. The Balaban J connectivity index is 2.35. The predicted molar refractivity (Wildman–Crippen MR) is 78.0 cm³/mol. The van der Waals surface area contributed by atoms with Crippen LogP contribution in [0.5, 0.6) is 5.75 Å². The maximum Gasteiger partial charge on any atom is 0.329 e. The SMILES string of the molecule is CC(Oc1cc(Cl)cc(Cl)c1)C(=O)NCCOCC(=O)O. The van der Waals surface area contributed by atoms with E-state index in [0.29, 0.717) is 15.8 Å². The number of carbonyl (C=O) groups excluding carboxylic acids is 1. The molecule has 0 saturated heterocycles. The van der Waals surface area contributed by atoms with E-state index in [1.54, 1.807) is 25.1 Å². The Labute approximate surface area is 131 Å². The quantitative estimate of drug-likeness (QED) is 0.709. The van der Waals surface area contributed by atoms with Crippen LogP contribution in [0.1, 0.15) is 6.92 Å². The van der Waals surface area contributed by atoms with Crippen LogP contribution in [-0.2, 0) is 14.3 Å². The van der Waals surface area contributed by atoms with Gasteiger partial charge in [-0.05, 0) is 25.1 Å². The largest absolute Gasteiger partial charge is 0.481 e. The van der Waals surface area contributed by atoms with Gasteiger partial charge in [0.25, 0.3) is 5.91 Å². The van der Waals surface area contributed by atoms with Crippen LogP contribution in [-0.4, -0.2) is 42.8 Å². The topological polar surface area (TPSA) is 84.9 Å². The van der Waals surface area contributed by atoms with E-state index in [9.17, 15) is 9.59 Å². The predicted octanol–water partition coefficient (Wildman–Crippen LogP) is 1.98. The van der Waals surface area contributed by atoms with E-state index in [1.807, 2.05) is 0 Å². The van der Waals surface area contributed by atoms with Crippen molar-refractivity contribution in [3.63, 3.8) is 0 Å². The highest BCUT2D eigenvalue weighted by Gasteiger charge is 2.14. The standard InChI is InChI=1S/C13H15Cl2NO5/c1-8(13(19)16-2-3-20-7-12(17)18)21-11-5-9(14)4-10(15)6-11/h4-6,8H,2-3,7H2,1H3,(H,16,19)(H,17,18). The minimum Gasteiger partial charge on any atom is -0.481 e. The fourth-order valence-electron chi connectivity index (χ4n) is 1.40. The molecule has 0 bridgehead atoms. The lowest BCUT2D eigenvalue weighted by Crippen LogP contribution is -2.38. The van der Waals surface area contributed by atoms with Crippen LogP contribution in [0, 0.1) is 0 Å². The Morgan fingerprint density at radius 1 is 1.29 bits per heavy atom. The number of carbonyl (C=O) groups is 2. The molecular formula is C13H15Cl2NO5. The second-order valence-electron chi connectivity index (χ2n) is 4.10. The average Bonchev–Trinajstić information content (AvgIpc) is 2.36. The Hall–Kier alpha value is -1.50. The monoisotopic (exact) mass is 335 g/mol. The van der Waals surface area contributed by atoms with Crippen molar-refractivity contribution in [2.75, 3.05) is 19.8 Å². The zero-order valence-corrected chi connectivity index (χ0v) is 12.8. The molecule has 0 aliphatic carbocycles. The van der Waals surface area contributed by atoms with E-state index < -0.39 is 18.7 Å². The number of carboxylic acid groups (broad SMARTS) is 1.